The molecule has 1 aromatic carbocycles. The lowest BCUT2D eigenvalue weighted by Crippen LogP contribution is -2.57. The van der Waals surface area contributed by atoms with E-state index in [2.05, 4.69) is 36.6 Å². The molecule has 1 saturated heterocycles. The molecule has 1 aliphatic heterocycles. The van der Waals surface area contributed by atoms with Crippen LogP contribution in [0.25, 0.3) is 0 Å². The summed E-state index contributed by atoms with van der Waals surface area (Å²) in [6.45, 7) is 8.12. The number of benzene rings is 1. The number of piperazine rings is 1. The number of carbonyl (C=O) groups excluding carboxylic acids is 2. The van der Waals surface area contributed by atoms with Crippen molar-refractivity contribution in [2.45, 2.75) is 39.3 Å². The van der Waals surface area contributed by atoms with Gasteiger partial charge in [-0.3, -0.25) is 9.59 Å². The van der Waals surface area contributed by atoms with Crippen molar-refractivity contribution in [1.82, 2.24) is 15.5 Å². The number of hydrogen-bond donors (Lipinski definition) is 2. The monoisotopic (exact) mass is 303 g/mol. The highest BCUT2D eigenvalue weighted by Crippen LogP contribution is 2.14. The largest absolute Gasteiger partial charge is 0.351 e. The van der Waals surface area contributed by atoms with Gasteiger partial charge < -0.3 is 15.5 Å². The molecule has 0 saturated carbocycles. The molecule has 2 N–H and O–H groups in total. The maximum atomic E-state index is 12.2. The molecule has 1 aromatic rings. The summed E-state index contributed by atoms with van der Waals surface area (Å²) in [4.78, 5) is 25.3. The van der Waals surface area contributed by atoms with Crippen molar-refractivity contribution in [3.05, 3.63) is 35.4 Å². The van der Waals surface area contributed by atoms with Gasteiger partial charge in [-0.2, -0.15) is 0 Å². The number of amides is 2. The van der Waals surface area contributed by atoms with E-state index < -0.39 is 0 Å². The van der Waals surface area contributed by atoms with E-state index in [9.17, 15) is 9.59 Å². The number of hydrogen-bond acceptors (Lipinski definition) is 3. The van der Waals surface area contributed by atoms with Crippen LogP contribution in [-0.2, 0) is 16.1 Å². The molecule has 0 spiro atoms. The summed E-state index contributed by atoms with van der Waals surface area (Å²) in [7, 11) is 0. The van der Waals surface area contributed by atoms with Crippen LogP contribution in [0.4, 0.5) is 0 Å². The average Bonchev–Trinajstić information content (AvgIpc) is 2.53. The first-order chi connectivity index (χ1) is 10.5. The summed E-state index contributed by atoms with van der Waals surface area (Å²) in [6, 6.07) is 7.97. The summed E-state index contributed by atoms with van der Waals surface area (Å²) in [5.74, 6) is 0.468. The Morgan fingerprint density at radius 1 is 1.32 bits per heavy atom. The van der Waals surface area contributed by atoms with Gasteiger partial charge in [-0.1, -0.05) is 38.1 Å². The Kier molecular flexibility index (Phi) is 5.55. The van der Waals surface area contributed by atoms with Crippen molar-refractivity contribution in [3.8, 4) is 0 Å². The van der Waals surface area contributed by atoms with E-state index in [1.165, 1.54) is 12.5 Å². The molecule has 1 atom stereocenters. The molecule has 5 nitrogen and oxygen atoms in total. The second kappa shape index (κ2) is 7.40. The SMILES string of the molecule is CC(=O)N1CCN[C@@H](C(=O)NCc2ccc(C(C)C)cc2)C1. The minimum atomic E-state index is -0.326. The lowest BCUT2D eigenvalue weighted by atomic mass is 10.0. The zero-order valence-electron chi connectivity index (χ0n) is 13.6. The zero-order valence-corrected chi connectivity index (χ0v) is 13.6. The van der Waals surface area contributed by atoms with Crippen molar-refractivity contribution in [2.75, 3.05) is 19.6 Å². The van der Waals surface area contributed by atoms with E-state index in [0.717, 1.165) is 5.56 Å². The van der Waals surface area contributed by atoms with E-state index in [-0.39, 0.29) is 17.9 Å². The van der Waals surface area contributed by atoms with Crippen molar-refractivity contribution >= 4 is 11.8 Å². The summed E-state index contributed by atoms with van der Waals surface area (Å²) in [6.07, 6.45) is 0. The fourth-order valence-electron chi connectivity index (χ4n) is 2.54. The molecule has 1 fully saturated rings. The number of nitrogens with zero attached hydrogens (tertiary/aromatic N) is 1. The smallest absolute Gasteiger partial charge is 0.239 e. The fourth-order valence-corrected chi connectivity index (χ4v) is 2.54. The van der Waals surface area contributed by atoms with Gasteiger partial charge in [0.1, 0.15) is 6.04 Å². The minimum Gasteiger partial charge on any atom is -0.351 e. The Bertz CT molecular complexity index is 525. The lowest BCUT2D eigenvalue weighted by molar-refractivity contribution is -0.132. The number of rotatable bonds is 4. The van der Waals surface area contributed by atoms with E-state index >= 15 is 0 Å². The average molecular weight is 303 g/mol. The Balaban J connectivity index is 1.85. The second-order valence-corrected chi connectivity index (χ2v) is 6.09. The maximum absolute atomic E-state index is 12.2. The molecule has 0 unspecified atom stereocenters. The maximum Gasteiger partial charge on any atom is 0.239 e. The highest BCUT2D eigenvalue weighted by molar-refractivity contribution is 5.83. The van der Waals surface area contributed by atoms with Crippen molar-refractivity contribution in [2.24, 2.45) is 0 Å². The van der Waals surface area contributed by atoms with Gasteiger partial charge >= 0.3 is 0 Å². The van der Waals surface area contributed by atoms with Gasteiger partial charge in [0.25, 0.3) is 0 Å². The first-order valence-electron chi connectivity index (χ1n) is 7.83. The van der Waals surface area contributed by atoms with Crippen molar-refractivity contribution in [3.63, 3.8) is 0 Å². The summed E-state index contributed by atoms with van der Waals surface area (Å²) < 4.78 is 0. The molecule has 22 heavy (non-hydrogen) atoms. The molecule has 0 aliphatic carbocycles. The van der Waals surface area contributed by atoms with Gasteiger partial charge in [-0.25, -0.2) is 0 Å². The fraction of sp³-hybridized carbons (Fsp3) is 0.529. The summed E-state index contributed by atoms with van der Waals surface area (Å²) in [5, 5.41) is 6.10. The Hall–Kier alpha value is -1.88. The van der Waals surface area contributed by atoms with Crippen LogP contribution in [0.1, 0.15) is 37.8 Å². The topological polar surface area (TPSA) is 61.4 Å². The highest BCUT2D eigenvalue weighted by atomic mass is 16.2. The lowest BCUT2D eigenvalue weighted by Gasteiger charge is -2.32. The molecule has 1 aliphatic rings. The van der Waals surface area contributed by atoms with Gasteiger partial charge in [-0.15, -0.1) is 0 Å². The van der Waals surface area contributed by atoms with Gasteiger partial charge in [0.15, 0.2) is 0 Å². The normalized spacial score (nSPS) is 18.4. The van der Waals surface area contributed by atoms with Crippen LogP contribution in [0.15, 0.2) is 24.3 Å². The van der Waals surface area contributed by atoms with Crippen LogP contribution in [0.5, 0.6) is 0 Å². The Labute approximate surface area is 132 Å². The van der Waals surface area contributed by atoms with E-state index in [0.29, 0.717) is 32.1 Å². The molecular formula is C17H25N3O2. The molecule has 5 heteroatoms. The third-order valence-electron chi connectivity index (χ3n) is 4.05. The molecule has 120 valence electrons. The zero-order chi connectivity index (χ0) is 16.1. The predicted molar refractivity (Wildman–Crippen MR) is 86.4 cm³/mol. The summed E-state index contributed by atoms with van der Waals surface area (Å²) in [5.41, 5.74) is 2.37. The quantitative estimate of drug-likeness (QED) is 0.880. The van der Waals surface area contributed by atoms with E-state index in [1.54, 1.807) is 4.90 Å². The van der Waals surface area contributed by atoms with Crippen LogP contribution in [0.2, 0.25) is 0 Å². The number of nitrogens with one attached hydrogen (secondary N) is 2. The molecule has 1 heterocycles. The van der Waals surface area contributed by atoms with Gasteiger partial charge in [0.05, 0.1) is 0 Å². The second-order valence-electron chi connectivity index (χ2n) is 6.09. The van der Waals surface area contributed by atoms with Crippen molar-refractivity contribution < 1.29 is 9.59 Å². The van der Waals surface area contributed by atoms with E-state index in [1.807, 2.05) is 12.1 Å². The first-order valence-corrected chi connectivity index (χ1v) is 7.83. The third kappa shape index (κ3) is 4.31. The number of carbonyl (C=O) groups is 2. The van der Waals surface area contributed by atoms with Gasteiger partial charge in [0.2, 0.25) is 11.8 Å². The minimum absolute atomic E-state index is 0.0172. The highest BCUT2D eigenvalue weighted by Gasteiger charge is 2.26. The van der Waals surface area contributed by atoms with Gasteiger partial charge in [0, 0.05) is 33.1 Å². The predicted octanol–water partition coefficient (Wildman–Crippen LogP) is 1.25. The van der Waals surface area contributed by atoms with E-state index in [4.69, 9.17) is 0 Å². The molecule has 0 radical (unpaired) electrons. The first kappa shape index (κ1) is 16.5. The molecular weight excluding hydrogens is 278 g/mol. The Morgan fingerprint density at radius 2 is 2.00 bits per heavy atom. The van der Waals surface area contributed by atoms with Crippen LogP contribution in [0, 0.1) is 0 Å². The molecule has 2 amide bonds. The van der Waals surface area contributed by atoms with Crippen LogP contribution >= 0.6 is 0 Å². The van der Waals surface area contributed by atoms with Crippen LogP contribution in [0.3, 0.4) is 0 Å². The van der Waals surface area contributed by atoms with Gasteiger partial charge in [-0.05, 0) is 17.0 Å². The molecule has 0 bridgehead atoms. The third-order valence-corrected chi connectivity index (χ3v) is 4.05. The molecule has 0 aromatic heterocycles. The van der Waals surface area contributed by atoms with Crippen molar-refractivity contribution in [1.29, 1.82) is 0 Å². The van der Waals surface area contributed by atoms with Crippen LogP contribution in [-0.4, -0.2) is 42.4 Å². The van der Waals surface area contributed by atoms with Crippen LogP contribution < -0.4 is 10.6 Å². The standard InChI is InChI=1S/C17H25N3O2/c1-12(2)15-6-4-14(5-7-15)10-19-17(22)16-11-20(13(3)21)9-8-18-16/h4-7,12,16,18H,8-11H2,1-3H3,(H,19,22)/t16-/m1/s1. The summed E-state index contributed by atoms with van der Waals surface area (Å²) >= 11 is 0. The Morgan fingerprint density at radius 3 is 2.59 bits per heavy atom. The molecule has 2 rings (SSSR count).